The van der Waals surface area contributed by atoms with E-state index < -0.39 is 12.2 Å². The van der Waals surface area contributed by atoms with E-state index in [4.69, 9.17) is 16.3 Å². The van der Waals surface area contributed by atoms with Gasteiger partial charge >= 0.3 is 12.1 Å². The van der Waals surface area contributed by atoms with Crippen molar-refractivity contribution in [2.24, 2.45) is 0 Å². The summed E-state index contributed by atoms with van der Waals surface area (Å²) in [5.41, 5.74) is 3.53. The zero-order chi connectivity index (χ0) is 34.2. The maximum absolute atomic E-state index is 14.2. The number of aromatic amines is 1. The second-order valence-electron chi connectivity index (χ2n) is 14.6. The van der Waals surface area contributed by atoms with Crippen molar-refractivity contribution in [2.75, 3.05) is 64.2 Å². The maximum Gasteiger partial charge on any atom is 0.410 e. The van der Waals surface area contributed by atoms with E-state index in [1.165, 1.54) is 38.8 Å². The second-order valence-corrected chi connectivity index (χ2v) is 15.0. The molecular weight excluding hydrogens is 656 g/mol. The number of ether oxygens (including phenoxy) is 1. The average Bonchev–Trinajstić information content (AvgIpc) is 3.91. The number of nitrogens with one attached hydrogen (secondary N) is 2. The van der Waals surface area contributed by atoms with Gasteiger partial charge in [-0.3, -0.25) is 14.8 Å². The summed E-state index contributed by atoms with van der Waals surface area (Å²) >= 11 is 6.56. The summed E-state index contributed by atoms with van der Waals surface area (Å²) in [5, 5.41) is 11.4. The molecule has 4 fully saturated rings. The first-order valence-corrected chi connectivity index (χ1v) is 18.8. The number of urea groups is 1. The van der Waals surface area contributed by atoms with Gasteiger partial charge in [-0.15, -0.1) is 0 Å². The average molecular weight is 703 g/mol. The first-order chi connectivity index (χ1) is 24.4. The number of amides is 4. The lowest BCUT2D eigenvalue weighted by atomic mass is 10.0. The molecule has 0 bridgehead atoms. The Kier molecular flexibility index (Phi) is 9.58. The van der Waals surface area contributed by atoms with E-state index in [-0.39, 0.29) is 24.4 Å². The predicted octanol–water partition coefficient (Wildman–Crippen LogP) is 4.59. The van der Waals surface area contributed by atoms with E-state index in [0.29, 0.717) is 56.6 Å². The Hall–Kier alpha value is -3.87. The molecule has 1 saturated carbocycles. The zero-order valence-electron chi connectivity index (χ0n) is 28.6. The molecule has 1 aromatic heterocycles. The fourth-order valence-corrected chi connectivity index (χ4v) is 8.74. The third kappa shape index (κ3) is 7.15. The molecular formula is C37H47ClN8O4. The molecule has 266 valence electrons. The Morgan fingerprint density at radius 2 is 1.54 bits per heavy atom. The minimum Gasteiger partial charge on any atom is -0.436 e. The van der Waals surface area contributed by atoms with Crippen LogP contribution in [0.5, 0.6) is 0 Å². The number of fused-ring (bicyclic) bond motifs is 2. The van der Waals surface area contributed by atoms with Gasteiger partial charge in [0.2, 0.25) is 0 Å². The molecule has 1 unspecified atom stereocenters. The number of halogens is 1. The number of piperidine rings is 2. The van der Waals surface area contributed by atoms with Gasteiger partial charge in [0.1, 0.15) is 0 Å². The standard InChI is InChI=1S/C37H47ClN8O4/c38-31-22-25(21-27-24-39-41-34(27)31)23-33(35(47)44-19-17-43(18-20-44)29-8-12-42(13-9-29)28-5-6-28)50-37(49)45-14-10-30(11-15-45)46-16-7-26-3-1-2-4-32(26)40-36(46)48/h1-4,21-22,24,28-30,33H,5-20,23H2,(H,39,41)(H,40,48). The van der Waals surface area contributed by atoms with E-state index in [9.17, 15) is 14.4 Å². The number of anilines is 1. The smallest absolute Gasteiger partial charge is 0.410 e. The maximum atomic E-state index is 14.2. The van der Waals surface area contributed by atoms with Crippen LogP contribution in [-0.4, -0.2) is 136 Å². The Balaban J connectivity index is 0.901. The topological polar surface area (TPSA) is 117 Å². The van der Waals surface area contributed by atoms with Crippen LogP contribution in [0.25, 0.3) is 10.9 Å². The van der Waals surface area contributed by atoms with Gasteiger partial charge in [0.25, 0.3) is 5.91 Å². The molecule has 4 aliphatic heterocycles. The largest absolute Gasteiger partial charge is 0.436 e. The number of rotatable bonds is 7. The molecule has 5 aliphatic rings. The van der Waals surface area contributed by atoms with Crippen LogP contribution < -0.4 is 5.32 Å². The Bertz CT molecular complexity index is 1710. The number of hydrogen-bond donors (Lipinski definition) is 2. The van der Waals surface area contributed by atoms with E-state index in [1.54, 1.807) is 11.1 Å². The van der Waals surface area contributed by atoms with Crippen molar-refractivity contribution in [1.29, 1.82) is 0 Å². The number of benzene rings is 2. The first-order valence-electron chi connectivity index (χ1n) is 18.4. The van der Waals surface area contributed by atoms with Gasteiger partial charge < -0.3 is 29.7 Å². The molecule has 13 heteroatoms. The van der Waals surface area contributed by atoms with E-state index in [1.807, 2.05) is 40.1 Å². The number of nitrogens with zero attached hydrogens (tertiary/aromatic N) is 6. The molecule has 2 aromatic carbocycles. The van der Waals surface area contributed by atoms with Gasteiger partial charge in [-0.2, -0.15) is 5.10 Å². The highest BCUT2D eigenvalue weighted by Crippen LogP contribution is 2.31. The summed E-state index contributed by atoms with van der Waals surface area (Å²) < 4.78 is 6.11. The molecule has 8 rings (SSSR count). The fraction of sp³-hybridized carbons (Fsp3) is 0.568. The molecule has 12 nitrogen and oxygen atoms in total. The third-order valence-corrected chi connectivity index (χ3v) is 11.8. The summed E-state index contributed by atoms with van der Waals surface area (Å²) in [6.07, 6.45) is 7.60. The molecule has 0 spiro atoms. The first kappa shape index (κ1) is 33.3. The van der Waals surface area contributed by atoms with Gasteiger partial charge in [-0.1, -0.05) is 29.8 Å². The van der Waals surface area contributed by atoms with Crippen LogP contribution in [0, 0.1) is 0 Å². The van der Waals surface area contributed by atoms with Crippen LogP contribution in [0.3, 0.4) is 0 Å². The van der Waals surface area contributed by atoms with Crippen molar-refractivity contribution in [1.82, 2.24) is 34.7 Å². The summed E-state index contributed by atoms with van der Waals surface area (Å²) in [6.45, 7) is 6.77. The molecule has 1 atom stereocenters. The van der Waals surface area contributed by atoms with Crippen LogP contribution in [0.4, 0.5) is 15.3 Å². The predicted molar refractivity (Wildman–Crippen MR) is 191 cm³/mol. The lowest BCUT2D eigenvalue weighted by molar-refractivity contribution is -0.143. The molecule has 3 saturated heterocycles. The highest BCUT2D eigenvalue weighted by molar-refractivity contribution is 6.35. The van der Waals surface area contributed by atoms with Crippen LogP contribution in [0.15, 0.2) is 42.6 Å². The molecule has 5 heterocycles. The number of likely N-dealkylation sites (tertiary alicyclic amines) is 2. The van der Waals surface area contributed by atoms with Gasteiger partial charge in [0.15, 0.2) is 6.10 Å². The highest BCUT2D eigenvalue weighted by Gasteiger charge is 2.38. The Labute approximate surface area is 298 Å². The number of carbonyl (C=O) groups is 3. The van der Waals surface area contributed by atoms with E-state index >= 15 is 0 Å². The van der Waals surface area contributed by atoms with E-state index in [2.05, 4.69) is 31.4 Å². The van der Waals surface area contributed by atoms with Crippen molar-refractivity contribution >= 4 is 46.2 Å². The molecule has 1 aliphatic carbocycles. The molecule has 3 aromatic rings. The van der Waals surface area contributed by atoms with Crippen LogP contribution in [0.1, 0.15) is 49.7 Å². The highest BCUT2D eigenvalue weighted by atomic mass is 35.5. The minimum atomic E-state index is -0.983. The molecule has 50 heavy (non-hydrogen) atoms. The number of H-pyrrole nitrogens is 1. The van der Waals surface area contributed by atoms with Crippen LogP contribution in [0.2, 0.25) is 5.02 Å². The third-order valence-electron chi connectivity index (χ3n) is 11.5. The van der Waals surface area contributed by atoms with Gasteiger partial charge in [0, 0.05) is 81.4 Å². The molecule has 4 amide bonds. The lowest BCUT2D eigenvalue weighted by Gasteiger charge is -2.43. The number of piperazine rings is 1. The van der Waals surface area contributed by atoms with Crippen molar-refractivity contribution in [3.63, 3.8) is 0 Å². The van der Waals surface area contributed by atoms with Crippen molar-refractivity contribution < 1.29 is 19.1 Å². The quantitative estimate of drug-likeness (QED) is 0.370. The number of carbonyl (C=O) groups excluding carboxylic acids is 3. The van der Waals surface area contributed by atoms with E-state index in [0.717, 1.165) is 53.3 Å². The second kappa shape index (κ2) is 14.4. The lowest BCUT2D eigenvalue weighted by Crippen LogP contribution is -2.56. The Morgan fingerprint density at radius 3 is 2.30 bits per heavy atom. The summed E-state index contributed by atoms with van der Waals surface area (Å²) in [4.78, 5) is 51.6. The number of para-hydroxylation sites is 1. The SMILES string of the molecule is O=C(OC(Cc1cc(Cl)c2[nH]ncc2c1)C(=O)N1CCN(C2CCN(C3CC3)CC2)CC1)N1CCC(N2CCc3ccccc3NC2=O)CC1. The monoisotopic (exact) mass is 702 g/mol. The number of aromatic nitrogens is 2. The van der Waals surface area contributed by atoms with Gasteiger partial charge in [-0.05, 0) is 87.4 Å². The van der Waals surface area contributed by atoms with Crippen molar-refractivity contribution in [2.45, 2.75) is 75.6 Å². The van der Waals surface area contributed by atoms with Crippen LogP contribution >= 0.6 is 11.6 Å². The van der Waals surface area contributed by atoms with Crippen molar-refractivity contribution in [3.05, 3.63) is 58.7 Å². The van der Waals surface area contributed by atoms with Crippen LogP contribution in [-0.2, 0) is 22.4 Å². The van der Waals surface area contributed by atoms with Gasteiger partial charge in [-0.25, -0.2) is 9.59 Å². The van der Waals surface area contributed by atoms with Gasteiger partial charge in [0.05, 0.1) is 16.7 Å². The minimum absolute atomic E-state index is 0.0202. The van der Waals surface area contributed by atoms with Crippen molar-refractivity contribution in [3.8, 4) is 0 Å². The summed E-state index contributed by atoms with van der Waals surface area (Å²) in [6, 6.07) is 13.0. The summed E-state index contributed by atoms with van der Waals surface area (Å²) in [7, 11) is 0. The molecule has 0 radical (unpaired) electrons. The molecule has 2 N–H and O–H groups in total. The summed E-state index contributed by atoms with van der Waals surface area (Å²) in [5.74, 6) is -0.166. The Morgan fingerprint density at radius 1 is 0.840 bits per heavy atom. The normalized spacial score (nSPS) is 22.3. The fourth-order valence-electron chi connectivity index (χ4n) is 8.45. The number of hydrogen-bond acceptors (Lipinski definition) is 7. The zero-order valence-corrected chi connectivity index (χ0v) is 29.3.